The van der Waals surface area contributed by atoms with E-state index in [9.17, 15) is 0 Å². The zero-order chi connectivity index (χ0) is 15.4. The van der Waals surface area contributed by atoms with Crippen LogP contribution in [0.15, 0.2) is 72.3 Å². The van der Waals surface area contributed by atoms with E-state index in [2.05, 4.69) is 32.6 Å². The van der Waals surface area contributed by atoms with Crippen molar-refractivity contribution in [1.82, 2.24) is 14.8 Å². The van der Waals surface area contributed by atoms with Crippen molar-refractivity contribution in [3.8, 4) is 11.3 Å². The molecule has 0 aliphatic carbocycles. The normalized spacial score (nSPS) is 16.0. The molecule has 2 aromatic rings. The molecule has 110 valence electrons. The van der Waals surface area contributed by atoms with Crippen molar-refractivity contribution in [1.29, 1.82) is 0 Å². The van der Waals surface area contributed by atoms with Gasteiger partial charge in [-0.25, -0.2) is 4.98 Å². The highest BCUT2D eigenvalue weighted by molar-refractivity contribution is 5.74. The fourth-order valence-electron chi connectivity index (χ4n) is 2.23. The largest absolute Gasteiger partial charge is 0.329 e. The van der Waals surface area contributed by atoms with Crippen LogP contribution in [0.5, 0.6) is 0 Å². The van der Waals surface area contributed by atoms with E-state index in [0.717, 1.165) is 23.6 Å². The molecule has 0 spiro atoms. The average Bonchev–Trinajstić information content (AvgIpc) is 3.17. The molecular formula is C17H17N5. The zero-order valence-electron chi connectivity index (χ0n) is 12.4. The van der Waals surface area contributed by atoms with Crippen molar-refractivity contribution >= 4 is 12.0 Å². The molecule has 0 aromatic carbocycles. The predicted octanol–water partition coefficient (Wildman–Crippen LogP) is 2.96. The Hall–Kier alpha value is -2.95. The summed E-state index contributed by atoms with van der Waals surface area (Å²) in [5, 5.41) is 4.38. The first-order valence-electron chi connectivity index (χ1n) is 7.00. The molecule has 0 saturated heterocycles. The van der Waals surface area contributed by atoms with Crippen molar-refractivity contribution < 1.29 is 0 Å². The van der Waals surface area contributed by atoms with Gasteiger partial charge in [0, 0.05) is 50.2 Å². The summed E-state index contributed by atoms with van der Waals surface area (Å²) >= 11 is 0. The Labute approximate surface area is 129 Å². The molecule has 5 nitrogen and oxygen atoms in total. The number of rotatable bonds is 4. The van der Waals surface area contributed by atoms with Crippen molar-refractivity contribution in [2.75, 3.05) is 11.4 Å². The average molecular weight is 291 g/mol. The van der Waals surface area contributed by atoms with Gasteiger partial charge in [0.05, 0.1) is 5.69 Å². The maximum Gasteiger partial charge on any atom is 0.132 e. The van der Waals surface area contributed by atoms with Gasteiger partial charge in [-0.3, -0.25) is 9.67 Å². The number of aliphatic imine (C=N–C) groups is 1. The molecule has 5 heteroatoms. The molecule has 3 heterocycles. The molecule has 0 fully saturated rings. The molecule has 0 bridgehead atoms. The molecule has 0 unspecified atom stereocenters. The first kappa shape index (κ1) is 14.0. The van der Waals surface area contributed by atoms with Crippen LogP contribution in [-0.2, 0) is 7.05 Å². The summed E-state index contributed by atoms with van der Waals surface area (Å²) in [4.78, 5) is 10.6. The van der Waals surface area contributed by atoms with Gasteiger partial charge in [0.2, 0.25) is 0 Å². The van der Waals surface area contributed by atoms with Crippen LogP contribution in [0.1, 0.15) is 0 Å². The van der Waals surface area contributed by atoms with Gasteiger partial charge in [-0.15, -0.1) is 0 Å². The van der Waals surface area contributed by atoms with Gasteiger partial charge in [0.15, 0.2) is 0 Å². The van der Waals surface area contributed by atoms with Gasteiger partial charge in [-0.1, -0.05) is 6.58 Å². The Morgan fingerprint density at radius 3 is 2.91 bits per heavy atom. The number of allylic oxidation sites excluding steroid dienone is 1. The first-order valence-corrected chi connectivity index (χ1v) is 7.00. The van der Waals surface area contributed by atoms with Crippen molar-refractivity contribution in [3.63, 3.8) is 0 Å². The third-order valence-corrected chi connectivity index (χ3v) is 3.35. The van der Waals surface area contributed by atoms with Crippen molar-refractivity contribution in [2.24, 2.45) is 12.0 Å². The van der Waals surface area contributed by atoms with E-state index in [1.807, 2.05) is 49.9 Å². The quantitative estimate of drug-likeness (QED) is 0.814. The molecule has 1 aliphatic rings. The number of anilines is 1. The highest BCUT2D eigenvalue weighted by Gasteiger charge is 2.12. The Bertz CT molecular complexity index is 750. The zero-order valence-corrected chi connectivity index (χ0v) is 12.4. The lowest BCUT2D eigenvalue weighted by Crippen LogP contribution is -2.14. The van der Waals surface area contributed by atoms with Gasteiger partial charge in [0.1, 0.15) is 5.82 Å². The molecule has 3 rings (SSSR count). The minimum absolute atomic E-state index is 0.791. The summed E-state index contributed by atoms with van der Waals surface area (Å²) in [6.45, 7) is 4.34. The monoisotopic (exact) mass is 291 g/mol. The SMILES string of the molecule is C=C/N=C\C=C1\C=CN(c2ccc(-c3ccn(C)n3)cn2)C1. The highest BCUT2D eigenvalue weighted by atomic mass is 15.2. The fourth-order valence-corrected chi connectivity index (χ4v) is 2.23. The van der Waals surface area contributed by atoms with Crippen LogP contribution in [-0.4, -0.2) is 27.5 Å². The fraction of sp³-hybridized carbons (Fsp3) is 0.118. The Kier molecular flexibility index (Phi) is 3.96. The van der Waals surface area contributed by atoms with E-state index in [-0.39, 0.29) is 0 Å². The standard InChI is InChI=1S/C17H17N5/c1-3-18-9-6-14-7-11-22(13-14)17-5-4-15(12-19-17)16-8-10-21(2)20-16/h3-12H,1,13H2,2H3/b14-6-,18-9-. The number of hydrogen-bond donors (Lipinski definition) is 0. The summed E-state index contributed by atoms with van der Waals surface area (Å²) in [5.74, 6) is 0.917. The van der Waals surface area contributed by atoms with Crippen molar-refractivity contribution in [2.45, 2.75) is 0 Å². The number of aromatic nitrogens is 3. The topological polar surface area (TPSA) is 46.3 Å². The molecule has 0 atom stereocenters. The smallest absolute Gasteiger partial charge is 0.132 e. The lowest BCUT2D eigenvalue weighted by Gasteiger charge is -2.14. The second-order valence-corrected chi connectivity index (χ2v) is 4.95. The summed E-state index contributed by atoms with van der Waals surface area (Å²) < 4.78 is 1.79. The maximum atomic E-state index is 4.53. The van der Waals surface area contributed by atoms with E-state index >= 15 is 0 Å². The van der Waals surface area contributed by atoms with Crippen LogP contribution < -0.4 is 4.90 Å². The molecule has 2 aromatic heterocycles. The minimum Gasteiger partial charge on any atom is -0.329 e. The summed E-state index contributed by atoms with van der Waals surface area (Å²) in [5.41, 5.74) is 3.13. The number of hydrogen-bond acceptors (Lipinski definition) is 4. The Morgan fingerprint density at radius 1 is 1.32 bits per heavy atom. The van der Waals surface area contributed by atoms with Gasteiger partial charge in [0.25, 0.3) is 0 Å². The lowest BCUT2D eigenvalue weighted by molar-refractivity contribution is 0.771. The number of pyridine rings is 1. The third-order valence-electron chi connectivity index (χ3n) is 3.35. The molecule has 22 heavy (non-hydrogen) atoms. The first-order chi connectivity index (χ1) is 10.8. The number of aryl methyl sites for hydroxylation is 1. The molecule has 0 N–H and O–H groups in total. The van der Waals surface area contributed by atoms with Gasteiger partial charge in [-0.05, 0) is 35.9 Å². The Morgan fingerprint density at radius 2 is 2.23 bits per heavy atom. The van der Waals surface area contributed by atoms with Crippen LogP contribution in [0.4, 0.5) is 5.82 Å². The third kappa shape index (κ3) is 3.03. The maximum absolute atomic E-state index is 4.53. The van der Waals surface area contributed by atoms with Crippen LogP contribution in [0.25, 0.3) is 11.3 Å². The van der Waals surface area contributed by atoms with Gasteiger partial charge in [-0.2, -0.15) is 5.10 Å². The van der Waals surface area contributed by atoms with E-state index in [1.165, 1.54) is 11.8 Å². The molecule has 1 aliphatic heterocycles. The second-order valence-electron chi connectivity index (χ2n) is 4.95. The van der Waals surface area contributed by atoms with Crippen LogP contribution in [0.3, 0.4) is 0 Å². The molecule has 0 amide bonds. The summed E-state index contributed by atoms with van der Waals surface area (Å²) in [7, 11) is 1.91. The van der Waals surface area contributed by atoms with E-state index in [1.54, 1.807) is 10.9 Å². The Balaban J connectivity index is 1.72. The van der Waals surface area contributed by atoms with Crippen molar-refractivity contribution in [3.05, 3.63) is 67.3 Å². The number of nitrogens with zero attached hydrogens (tertiary/aromatic N) is 5. The van der Waals surface area contributed by atoms with E-state index < -0.39 is 0 Å². The van der Waals surface area contributed by atoms with Gasteiger partial charge < -0.3 is 4.90 Å². The predicted molar refractivity (Wildman–Crippen MR) is 89.7 cm³/mol. The van der Waals surface area contributed by atoms with E-state index in [0.29, 0.717) is 0 Å². The highest BCUT2D eigenvalue weighted by Crippen LogP contribution is 2.22. The molecular weight excluding hydrogens is 274 g/mol. The summed E-state index contributed by atoms with van der Waals surface area (Å²) in [6, 6.07) is 6.03. The molecule has 0 radical (unpaired) electrons. The molecule has 0 saturated carbocycles. The minimum atomic E-state index is 0.791. The van der Waals surface area contributed by atoms with E-state index in [4.69, 9.17) is 0 Å². The second kappa shape index (κ2) is 6.22. The van der Waals surface area contributed by atoms with Crippen LogP contribution in [0, 0.1) is 0 Å². The summed E-state index contributed by atoms with van der Waals surface area (Å²) in [6.07, 6.45) is 13.1. The van der Waals surface area contributed by atoms with Gasteiger partial charge >= 0.3 is 0 Å². The van der Waals surface area contributed by atoms with Crippen LogP contribution >= 0.6 is 0 Å². The van der Waals surface area contributed by atoms with Crippen LogP contribution in [0.2, 0.25) is 0 Å². The lowest BCUT2D eigenvalue weighted by atomic mass is 10.2.